The molecule has 0 saturated carbocycles. The third kappa shape index (κ3) is 4.92. The molecule has 0 aliphatic carbocycles. The van der Waals surface area contributed by atoms with E-state index < -0.39 is 23.6 Å². The minimum absolute atomic E-state index is 0.117. The highest BCUT2D eigenvalue weighted by Crippen LogP contribution is 2.28. The van der Waals surface area contributed by atoms with E-state index in [-0.39, 0.29) is 25.5 Å². The molecular formula is C12H20N2O5S. The van der Waals surface area contributed by atoms with Gasteiger partial charge in [0.2, 0.25) is 5.91 Å². The molecule has 1 aliphatic heterocycles. The first-order chi connectivity index (χ1) is 9.36. The molecule has 0 spiro atoms. The van der Waals surface area contributed by atoms with Gasteiger partial charge in [0.25, 0.3) is 5.91 Å². The minimum Gasteiger partial charge on any atom is -0.434 e. The van der Waals surface area contributed by atoms with Gasteiger partial charge in [-0.1, -0.05) is 13.8 Å². The van der Waals surface area contributed by atoms with Gasteiger partial charge in [-0.25, -0.2) is 4.79 Å². The van der Waals surface area contributed by atoms with E-state index >= 15 is 0 Å². The Morgan fingerprint density at radius 2 is 2.05 bits per heavy atom. The topological polar surface area (TPSA) is 93.7 Å². The third-order valence-electron chi connectivity index (χ3n) is 2.81. The SMILES string of the molecule is CC1(C)COC(=O)O[C@H]1C(=O)NCCC(=O)NCCS. The van der Waals surface area contributed by atoms with Gasteiger partial charge < -0.3 is 20.1 Å². The van der Waals surface area contributed by atoms with Crippen LogP contribution in [0.15, 0.2) is 0 Å². The fourth-order valence-corrected chi connectivity index (χ4v) is 1.81. The van der Waals surface area contributed by atoms with E-state index in [0.717, 1.165) is 0 Å². The van der Waals surface area contributed by atoms with Crippen LogP contribution in [0.4, 0.5) is 4.79 Å². The minimum atomic E-state index is -0.913. The number of ether oxygens (including phenoxy) is 2. The summed E-state index contributed by atoms with van der Waals surface area (Å²) < 4.78 is 9.65. The van der Waals surface area contributed by atoms with Gasteiger partial charge in [-0.2, -0.15) is 12.6 Å². The Bertz CT molecular complexity index is 386. The monoisotopic (exact) mass is 304 g/mol. The standard InChI is InChI=1S/C12H20N2O5S/c1-12(2)7-18-11(17)19-9(12)10(16)14-4-3-8(15)13-5-6-20/h9,20H,3-7H2,1-2H3,(H,13,15)(H,14,16)/t9-/m0/s1. The van der Waals surface area contributed by atoms with Crippen molar-refractivity contribution in [3.05, 3.63) is 0 Å². The highest BCUT2D eigenvalue weighted by molar-refractivity contribution is 7.80. The maximum atomic E-state index is 12.0. The van der Waals surface area contributed by atoms with Crippen molar-refractivity contribution in [2.24, 2.45) is 5.41 Å². The molecule has 1 fully saturated rings. The van der Waals surface area contributed by atoms with E-state index in [1.54, 1.807) is 13.8 Å². The van der Waals surface area contributed by atoms with Crippen LogP contribution in [0.1, 0.15) is 20.3 Å². The molecule has 0 bridgehead atoms. The fourth-order valence-electron chi connectivity index (χ4n) is 1.69. The van der Waals surface area contributed by atoms with Gasteiger partial charge in [-0.15, -0.1) is 0 Å². The molecule has 7 nitrogen and oxygen atoms in total. The largest absolute Gasteiger partial charge is 0.509 e. The van der Waals surface area contributed by atoms with Crippen molar-refractivity contribution < 1.29 is 23.9 Å². The van der Waals surface area contributed by atoms with E-state index in [2.05, 4.69) is 23.3 Å². The normalized spacial score (nSPS) is 20.6. The second-order valence-electron chi connectivity index (χ2n) is 5.14. The summed E-state index contributed by atoms with van der Waals surface area (Å²) in [5.74, 6) is -0.0270. The first-order valence-corrected chi connectivity index (χ1v) is 6.99. The van der Waals surface area contributed by atoms with Crippen molar-refractivity contribution in [1.82, 2.24) is 10.6 Å². The number of nitrogens with one attached hydrogen (secondary N) is 2. The molecule has 1 aliphatic rings. The first kappa shape index (κ1) is 16.6. The second kappa shape index (κ2) is 7.37. The first-order valence-electron chi connectivity index (χ1n) is 6.35. The summed E-state index contributed by atoms with van der Waals surface area (Å²) in [6.07, 6.45) is -1.60. The zero-order chi connectivity index (χ0) is 15.2. The van der Waals surface area contributed by atoms with E-state index in [1.807, 2.05) is 0 Å². The second-order valence-corrected chi connectivity index (χ2v) is 5.59. The Balaban J connectivity index is 2.38. The maximum Gasteiger partial charge on any atom is 0.509 e. The number of hydrogen-bond donors (Lipinski definition) is 3. The van der Waals surface area contributed by atoms with Crippen LogP contribution in [0, 0.1) is 5.41 Å². The van der Waals surface area contributed by atoms with Crippen molar-refractivity contribution in [3.63, 3.8) is 0 Å². The Hall–Kier alpha value is -1.44. The maximum absolute atomic E-state index is 12.0. The third-order valence-corrected chi connectivity index (χ3v) is 3.03. The van der Waals surface area contributed by atoms with Crippen LogP contribution in [0.2, 0.25) is 0 Å². The fraction of sp³-hybridized carbons (Fsp3) is 0.750. The van der Waals surface area contributed by atoms with Gasteiger partial charge in [0.05, 0.1) is 0 Å². The van der Waals surface area contributed by atoms with Crippen LogP contribution < -0.4 is 10.6 Å². The number of thiol groups is 1. The molecule has 1 heterocycles. The molecule has 0 radical (unpaired) electrons. The number of carbonyl (C=O) groups is 3. The molecule has 2 N–H and O–H groups in total. The van der Waals surface area contributed by atoms with Crippen LogP contribution in [-0.2, 0) is 19.1 Å². The van der Waals surface area contributed by atoms with Crippen molar-refractivity contribution >= 4 is 30.6 Å². The molecule has 1 saturated heterocycles. The molecule has 0 aromatic carbocycles. The molecule has 0 aromatic rings. The summed E-state index contributed by atoms with van der Waals surface area (Å²) in [7, 11) is 0. The summed E-state index contributed by atoms with van der Waals surface area (Å²) in [6, 6.07) is 0. The number of amides is 2. The van der Waals surface area contributed by atoms with Crippen LogP contribution in [-0.4, -0.2) is 49.5 Å². The zero-order valence-electron chi connectivity index (χ0n) is 11.6. The molecule has 8 heteroatoms. The average molecular weight is 304 g/mol. The molecule has 0 unspecified atom stereocenters. The predicted molar refractivity (Wildman–Crippen MR) is 74.5 cm³/mol. The highest BCUT2D eigenvalue weighted by atomic mass is 32.1. The average Bonchev–Trinajstić information content (AvgIpc) is 2.39. The van der Waals surface area contributed by atoms with Gasteiger partial charge in [-0.3, -0.25) is 9.59 Å². The molecule has 0 aromatic heterocycles. The molecule has 2 amide bonds. The Morgan fingerprint density at radius 1 is 1.35 bits per heavy atom. The van der Waals surface area contributed by atoms with Crippen molar-refractivity contribution in [3.8, 4) is 0 Å². The van der Waals surface area contributed by atoms with Crippen LogP contribution in [0.25, 0.3) is 0 Å². The highest BCUT2D eigenvalue weighted by Gasteiger charge is 2.43. The number of cyclic esters (lactones) is 2. The lowest BCUT2D eigenvalue weighted by atomic mass is 9.86. The van der Waals surface area contributed by atoms with Crippen LogP contribution in [0.3, 0.4) is 0 Å². The van der Waals surface area contributed by atoms with Crippen LogP contribution >= 0.6 is 12.6 Å². The molecular weight excluding hydrogens is 284 g/mol. The van der Waals surface area contributed by atoms with Gasteiger partial charge >= 0.3 is 6.16 Å². The van der Waals surface area contributed by atoms with Gasteiger partial charge in [-0.05, 0) is 0 Å². The van der Waals surface area contributed by atoms with E-state index in [1.165, 1.54) is 0 Å². The van der Waals surface area contributed by atoms with E-state index in [9.17, 15) is 14.4 Å². The zero-order valence-corrected chi connectivity index (χ0v) is 12.5. The Morgan fingerprint density at radius 3 is 2.70 bits per heavy atom. The van der Waals surface area contributed by atoms with Gasteiger partial charge in [0.1, 0.15) is 6.61 Å². The molecule has 114 valence electrons. The smallest absolute Gasteiger partial charge is 0.434 e. The number of carbonyl (C=O) groups excluding carboxylic acids is 3. The van der Waals surface area contributed by atoms with E-state index in [0.29, 0.717) is 12.3 Å². The van der Waals surface area contributed by atoms with Crippen LogP contribution in [0.5, 0.6) is 0 Å². The predicted octanol–water partition coefficient (Wildman–Crippen LogP) is 0.100. The summed E-state index contributed by atoms with van der Waals surface area (Å²) in [5, 5.41) is 5.22. The van der Waals surface area contributed by atoms with Crippen molar-refractivity contribution in [2.45, 2.75) is 26.4 Å². The number of rotatable bonds is 6. The summed E-state index contributed by atoms with van der Waals surface area (Å²) in [5.41, 5.74) is -0.605. The Kier molecular flexibility index (Phi) is 6.12. The van der Waals surface area contributed by atoms with Crippen molar-refractivity contribution in [2.75, 3.05) is 25.4 Å². The quantitative estimate of drug-likeness (QED) is 0.478. The van der Waals surface area contributed by atoms with Gasteiger partial charge in [0, 0.05) is 30.7 Å². The molecule has 20 heavy (non-hydrogen) atoms. The lowest BCUT2D eigenvalue weighted by Gasteiger charge is -2.35. The molecule has 1 atom stereocenters. The summed E-state index contributed by atoms with van der Waals surface area (Å²) in [6.45, 7) is 4.32. The lowest BCUT2D eigenvalue weighted by molar-refractivity contribution is -0.149. The Labute approximate surface area is 123 Å². The van der Waals surface area contributed by atoms with Gasteiger partial charge in [0.15, 0.2) is 6.10 Å². The number of hydrogen-bond acceptors (Lipinski definition) is 6. The van der Waals surface area contributed by atoms with E-state index in [4.69, 9.17) is 9.47 Å². The summed E-state index contributed by atoms with van der Waals surface area (Å²) in [4.78, 5) is 34.4. The lowest BCUT2D eigenvalue weighted by Crippen LogP contribution is -2.52. The molecule has 1 rings (SSSR count). The van der Waals surface area contributed by atoms with Crippen molar-refractivity contribution in [1.29, 1.82) is 0 Å². The summed E-state index contributed by atoms with van der Waals surface area (Å²) >= 11 is 3.97.